The minimum Gasteiger partial charge on any atom is -0.289 e. The Morgan fingerprint density at radius 1 is 1.37 bits per heavy atom. The van der Waals surface area contributed by atoms with Crippen molar-refractivity contribution in [2.24, 2.45) is 5.92 Å². The van der Waals surface area contributed by atoms with Crippen LogP contribution in [0.5, 0.6) is 0 Å². The Labute approximate surface area is 109 Å². The van der Waals surface area contributed by atoms with Crippen LogP contribution >= 0.6 is 0 Å². The number of carbonyl (C=O) groups is 1. The van der Waals surface area contributed by atoms with Crippen LogP contribution in [0.25, 0.3) is 0 Å². The standard InChI is InChI=1S/C14H12FNO3/c1-10-9-12(7-8-14(10,15)16(18)19)13(17)11-5-3-2-4-6-11/h2-10H,1H3. The van der Waals surface area contributed by atoms with Crippen LogP contribution < -0.4 is 0 Å². The van der Waals surface area contributed by atoms with Gasteiger partial charge in [-0.15, -0.1) is 0 Å². The van der Waals surface area contributed by atoms with Crippen LogP contribution in [0.4, 0.5) is 4.39 Å². The second-order valence-corrected chi connectivity index (χ2v) is 4.42. The molecule has 1 aromatic carbocycles. The van der Waals surface area contributed by atoms with Crippen molar-refractivity contribution in [3.63, 3.8) is 0 Å². The number of carbonyl (C=O) groups excluding carboxylic acids is 1. The van der Waals surface area contributed by atoms with Gasteiger partial charge in [-0.2, -0.15) is 4.39 Å². The Morgan fingerprint density at radius 3 is 2.53 bits per heavy atom. The molecular formula is C14H12FNO3. The molecule has 0 bridgehead atoms. The van der Waals surface area contributed by atoms with Crippen LogP contribution in [-0.4, -0.2) is 16.5 Å². The van der Waals surface area contributed by atoms with Crippen molar-refractivity contribution in [2.45, 2.75) is 12.7 Å². The van der Waals surface area contributed by atoms with Gasteiger partial charge in [-0.3, -0.25) is 14.9 Å². The highest BCUT2D eigenvalue weighted by molar-refractivity contribution is 6.10. The van der Waals surface area contributed by atoms with E-state index in [1.165, 1.54) is 19.1 Å². The number of halogens is 1. The van der Waals surface area contributed by atoms with Crippen molar-refractivity contribution in [1.82, 2.24) is 0 Å². The number of nitro groups is 1. The normalized spacial score (nSPS) is 25.8. The summed E-state index contributed by atoms with van der Waals surface area (Å²) < 4.78 is 14.0. The number of hydrogen-bond donors (Lipinski definition) is 0. The lowest BCUT2D eigenvalue weighted by Gasteiger charge is -2.21. The van der Waals surface area contributed by atoms with E-state index < -0.39 is 16.6 Å². The summed E-state index contributed by atoms with van der Waals surface area (Å²) in [5.41, 5.74) is 0.742. The van der Waals surface area contributed by atoms with Gasteiger partial charge in [-0.05, 0) is 13.0 Å². The topological polar surface area (TPSA) is 60.2 Å². The fourth-order valence-corrected chi connectivity index (χ4v) is 1.93. The number of alkyl halides is 1. The molecule has 0 saturated heterocycles. The lowest BCUT2D eigenvalue weighted by Crippen LogP contribution is -2.39. The van der Waals surface area contributed by atoms with E-state index in [4.69, 9.17) is 0 Å². The van der Waals surface area contributed by atoms with Crippen LogP contribution in [-0.2, 0) is 0 Å². The molecule has 2 rings (SSSR count). The Hall–Kier alpha value is -2.30. The highest BCUT2D eigenvalue weighted by atomic mass is 19.1. The van der Waals surface area contributed by atoms with Crippen LogP contribution in [0.3, 0.4) is 0 Å². The van der Waals surface area contributed by atoms with Gasteiger partial charge in [0.05, 0.1) is 10.8 Å². The minimum absolute atomic E-state index is 0.269. The molecule has 0 amide bonds. The van der Waals surface area contributed by atoms with Gasteiger partial charge in [0.2, 0.25) is 0 Å². The third-order valence-corrected chi connectivity index (χ3v) is 3.14. The average Bonchev–Trinajstić information content (AvgIpc) is 2.42. The predicted octanol–water partition coefficient (Wildman–Crippen LogP) is 2.94. The Bertz CT molecular complexity index is 580. The van der Waals surface area contributed by atoms with E-state index in [2.05, 4.69) is 0 Å². The molecular weight excluding hydrogens is 249 g/mol. The van der Waals surface area contributed by atoms with E-state index in [0.717, 1.165) is 6.08 Å². The molecule has 0 aliphatic heterocycles. The number of Topliss-reactive ketones (excluding diaryl/α,β-unsaturated/α-hetero) is 1. The monoisotopic (exact) mass is 261 g/mol. The highest BCUT2D eigenvalue weighted by Gasteiger charge is 2.47. The van der Waals surface area contributed by atoms with E-state index in [1.807, 2.05) is 0 Å². The smallest absolute Gasteiger partial charge is 0.289 e. The quantitative estimate of drug-likeness (QED) is 0.364. The zero-order valence-electron chi connectivity index (χ0n) is 10.2. The maximum Gasteiger partial charge on any atom is 0.384 e. The Kier molecular flexibility index (Phi) is 3.29. The molecule has 0 heterocycles. The zero-order valence-corrected chi connectivity index (χ0v) is 10.2. The van der Waals surface area contributed by atoms with Gasteiger partial charge < -0.3 is 0 Å². The van der Waals surface area contributed by atoms with Gasteiger partial charge in [0.25, 0.3) is 0 Å². The summed E-state index contributed by atoms with van der Waals surface area (Å²) in [4.78, 5) is 21.8. The molecule has 0 N–H and O–H groups in total. The Morgan fingerprint density at radius 2 is 2.00 bits per heavy atom. The summed E-state index contributed by atoms with van der Waals surface area (Å²) in [5.74, 6) is -3.90. The largest absolute Gasteiger partial charge is 0.384 e. The first-order chi connectivity index (χ1) is 8.95. The zero-order chi connectivity index (χ0) is 14.0. The van der Waals surface area contributed by atoms with E-state index >= 15 is 0 Å². The number of rotatable bonds is 3. The highest BCUT2D eigenvalue weighted by Crippen LogP contribution is 2.32. The molecule has 0 aromatic heterocycles. The van der Waals surface area contributed by atoms with Crippen molar-refractivity contribution >= 4 is 5.78 Å². The molecule has 1 aromatic rings. The van der Waals surface area contributed by atoms with E-state index in [-0.39, 0.29) is 11.4 Å². The van der Waals surface area contributed by atoms with Crippen molar-refractivity contribution in [3.8, 4) is 0 Å². The SMILES string of the molecule is CC1C=C(C(=O)c2ccccc2)C=CC1(F)[N+](=O)[O-]. The van der Waals surface area contributed by atoms with Crippen molar-refractivity contribution in [3.05, 3.63) is 69.8 Å². The number of allylic oxidation sites excluding steroid dienone is 2. The van der Waals surface area contributed by atoms with E-state index in [1.54, 1.807) is 30.3 Å². The van der Waals surface area contributed by atoms with Gasteiger partial charge in [0, 0.05) is 17.2 Å². The van der Waals surface area contributed by atoms with Crippen LogP contribution in [0.1, 0.15) is 17.3 Å². The summed E-state index contributed by atoms with van der Waals surface area (Å²) in [6, 6.07) is 8.52. The maximum absolute atomic E-state index is 14.0. The molecule has 4 nitrogen and oxygen atoms in total. The second kappa shape index (κ2) is 4.76. The van der Waals surface area contributed by atoms with Crippen molar-refractivity contribution in [1.29, 1.82) is 0 Å². The fraction of sp³-hybridized carbons (Fsp3) is 0.214. The molecule has 0 fully saturated rings. The van der Waals surface area contributed by atoms with E-state index in [9.17, 15) is 19.3 Å². The molecule has 0 saturated carbocycles. The first-order valence-electron chi connectivity index (χ1n) is 5.79. The van der Waals surface area contributed by atoms with Gasteiger partial charge in [-0.1, -0.05) is 36.4 Å². The number of ketones is 1. The Balaban J connectivity index is 2.29. The van der Waals surface area contributed by atoms with Crippen molar-refractivity contribution in [2.75, 3.05) is 0 Å². The molecule has 2 atom stereocenters. The third-order valence-electron chi connectivity index (χ3n) is 3.14. The molecule has 1 aliphatic carbocycles. The summed E-state index contributed by atoms with van der Waals surface area (Å²) in [6.45, 7) is 1.38. The first-order valence-corrected chi connectivity index (χ1v) is 5.79. The molecule has 1 aliphatic rings. The lowest BCUT2D eigenvalue weighted by molar-refractivity contribution is -0.597. The van der Waals surface area contributed by atoms with Crippen LogP contribution in [0.15, 0.2) is 54.1 Å². The summed E-state index contributed by atoms with van der Waals surface area (Å²) in [7, 11) is 0. The van der Waals surface area contributed by atoms with Gasteiger partial charge in [-0.25, -0.2) is 0 Å². The molecule has 19 heavy (non-hydrogen) atoms. The molecule has 98 valence electrons. The summed E-state index contributed by atoms with van der Waals surface area (Å²) >= 11 is 0. The lowest BCUT2D eigenvalue weighted by atomic mass is 9.88. The number of benzene rings is 1. The number of nitrogens with zero attached hydrogens (tertiary/aromatic N) is 1. The fourth-order valence-electron chi connectivity index (χ4n) is 1.93. The molecule has 0 radical (unpaired) electrons. The maximum atomic E-state index is 14.0. The summed E-state index contributed by atoms with van der Waals surface area (Å²) in [6.07, 6.45) is 3.32. The van der Waals surface area contributed by atoms with Gasteiger partial charge >= 0.3 is 5.79 Å². The minimum atomic E-state index is -2.64. The second-order valence-electron chi connectivity index (χ2n) is 4.42. The van der Waals surface area contributed by atoms with Crippen LogP contribution in [0, 0.1) is 16.0 Å². The van der Waals surface area contributed by atoms with Gasteiger partial charge in [0.1, 0.15) is 0 Å². The molecule has 0 spiro atoms. The predicted molar refractivity (Wildman–Crippen MR) is 68.0 cm³/mol. The average molecular weight is 261 g/mol. The number of hydrogen-bond acceptors (Lipinski definition) is 3. The summed E-state index contributed by atoms with van der Waals surface area (Å²) in [5, 5.41) is 10.7. The van der Waals surface area contributed by atoms with Crippen molar-refractivity contribution < 1.29 is 14.1 Å². The van der Waals surface area contributed by atoms with Crippen LogP contribution in [0.2, 0.25) is 0 Å². The van der Waals surface area contributed by atoms with E-state index in [0.29, 0.717) is 5.56 Å². The molecule has 5 heteroatoms. The van der Waals surface area contributed by atoms with Gasteiger partial charge in [0.15, 0.2) is 5.78 Å². The first kappa shape index (κ1) is 13.1. The molecule has 2 unspecified atom stereocenters. The third kappa shape index (κ3) is 2.31.